The van der Waals surface area contributed by atoms with Crippen molar-refractivity contribution in [3.63, 3.8) is 0 Å². The first-order valence-corrected chi connectivity index (χ1v) is 14.1. The number of benzene rings is 2. The lowest BCUT2D eigenvalue weighted by Crippen LogP contribution is -2.36. The smallest absolute Gasteiger partial charge is 0.248 e. The third-order valence-corrected chi connectivity index (χ3v) is 7.92. The molecule has 0 radical (unpaired) electrons. The summed E-state index contributed by atoms with van der Waals surface area (Å²) in [5, 5.41) is 6.31. The summed E-state index contributed by atoms with van der Waals surface area (Å²) in [4.78, 5) is 23.8. The lowest BCUT2D eigenvalue weighted by Gasteiger charge is -2.24. The molecule has 3 saturated heterocycles. The third-order valence-electron chi connectivity index (χ3n) is 7.14. The average molecular weight is 604 g/mol. The van der Waals surface area contributed by atoms with Crippen LogP contribution in [0.2, 0.25) is 10.0 Å². The third kappa shape index (κ3) is 6.40. The summed E-state index contributed by atoms with van der Waals surface area (Å²) in [5.74, 6) is -0.281. The highest BCUT2D eigenvalue weighted by Gasteiger charge is 2.35. The van der Waals surface area contributed by atoms with Crippen LogP contribution in [0.5, 0.6) is 5.75 Å². The van der Waals surface area contributed by atoms with Crippen molar-refractivity contribution in [3.05, 3.63) is 58.6 Å². The zero-order valence-electron chi connectivity index (χ0n) is 21.9. The van der Waals surface area contributed by atoms with E-state index in [2.05, 4.69) is 25.5 Å². The minimum absolute atomic E-state index is 0.0743. The quantitative estimate of drug-likeness (QED) is 0.282. The van der Waals surface area contributed by atoms with Gasteiger partial charge in [0.25, 0.3) is 0 Å². The number of ether oxygens (including phenoxy) is 4. The van der Waals surface area contributed by atoms with Crippen LogP contribution in [-0.2, 0) is 19.0 Å². The minimum atomic E-state index is -0.707. The second-order valence-electron chi connectivity index (χ2n) is 9.97. The Labute approximate surface area is 245 Å². The van der Waals surface area contributed by atoms with Gasteiger partial charge >= 0.3 is 0 Å². The Morgan fingerprint density at radius 3 is 2.68 bits per heavy atom. The molecule has 3 fully saturated rings. The summed E-state index contributed by atoms with van der Waals surface area (Å²) in [5.41, 5.74) is 1.04. The predicted molar refractivity (Wildman–Crippen MR) is 153 cm³/mol. The van der Waals surface area contributed by atoms with Crippen LogP contribution >= 0.6 is 23.2 Å². The van der Waals surface area contributed by atoms with E-state index in [1.165, 1.54) is 24.5 Å². The van der Waals surface area contributed by atoms with Crippen molar-refractivity contribution in [1.29, 1.82) is 0 Å². The van der Waals surface area contributed by atoms with Gasteiger partial charge in [0.2, 0.25) is 5.91 Å². The van der Waals surface area contributed by atoms with Gasteiger partial charge in [0, 0.05) is 43.6 Å². The van der Waals surface area contributed by atoms with Crippen LogP contribution in [0.15, 0.2) is 42.7 Å². The zero-order chi connectivity index (χ0) is 28.3. The molecule has 3 aliphatic rings. The number of aromatic nitrogens is 2. The molecule has 4 heterocycles. The number of nitrogens with zero attached hydrogens (tertiary/aromatic N) is 3. The molecule has 0 saturated carbocycles. The van der Waals surface area contributed by atoms with Crippen LogP contribution in [0.25, 0.3) is 10.9 Å². The van der Waals surface area contributed by atoms with Crippen LogP contribution in [0.1, 0.15) is 6.42 Å². The molecule has 6 rings (SSSR count). The van der Waals surface area contributed by atoms with Crippen molar-refractivity contribution in [2.75, 3.05) is 56.7 Å². The highest BCUT2D eigenvalue weighted by molar-refractivity contribution is 6.42. The van der Waals surface area contributed by atoms with Gasteiger partial charge in [-0.1, -0.05) is 29.3 Å². The van der Waals surface area contributed by atoms with Gasteiger partial charge in [0.05, 0.1) is 65.6 Å². The first-order valence-electron chi connectivity index (χ1n) is 13.3. The second-order valence-corrected chi connectivity index (χ2v) is 10.8. The number of hydrogen-bond donors (Lipinski definition) is 2. The Morgan fingerprint density at radius 2 is 1.93 bits per heavy atom. The zero-order valence-corrected chi connectivity index (χ0v) is 23.5. The summed E-state index contributed by atoms with van der Waals surface area (Å²) in [6.07, 6.45) is 5.37. The fraction of sp³-hybridized carbons (Fsp3) is 0.393. The van der Waals surface area contributed by atoms with Crippen molar-refractivity contribution >= 4 is 57.2 Å². The largest absolute Gasteiger partial charge is 0.486 e. The molecular weight excluding hydrogens is 576 g/mol. The van der Waals surface area contributed by atoms with Crippen molar-refractivity contribution in [2.45, 2.75) is 24.7 Å². The normalized spacial score (nSPS) is 22.8. The summed E-state index contributed by atoms with van der Waals surface area (Å²) in [6, 6.07) is 6.37. The first kappa shape index (κ1) is 28.1. The molecule has 3 aromatic rings. The van der Waals surface area contributed by atoms with E-state index in [-0.39, 0.29) is 40.0 Å². The maximum Gasteiger partial charge on any atom is 0.248 e. The van der Waals surface area contributed by atoms with E-state index in [1.54, 1.807) is 12.1 Å². The summed E-state index contributed by atoms with van der Waals surface area (Å²) in [7, 11) is 0. The number of rotatable bonds is 8. The number of carbonyl (C=O) groups excluding carboxylic acids is 1. The number of fused-ring (bicyclic) bond motifs is 2. The van der Waals surface area contributed by atoms with Crippen molar-refractivity contribution in [3.8, 4) is 5.75 Å². The Hall–Kier alpha value is -3.06. The van der Waals surface area contributed by atoms with Gasteiger partial charge in [0.1, 0.15) is 24.0 Å². The summed E-state index contributed by atoms with van der Waals surface area (Å²) < 4.78 is 37.9. The van der Waals surface area contributed by atoms with Crippen molar-refractivity contribution in [2.24, 2.45) is 0 Å². The molecule has 13 heteroatoms. The molecule has 3 aliphatic heterocycles. The molecule has 1 amide bonds. The Morgan fingerprint density at radius 1 is 1.12 bits per heavy atom. The standard InChI is InChI=1S/C28H28Cl2FN5O5/c29-18-3-4-19(27(31)26(18)30)35-28-17-10-21(22(11-20(17)32-15-33-28)41-16-5-7-38-14-16)34-25(37)2-1-6-36-12-23-24(13-36)40-9-8-39-23/h1-4,10-11,15-16,23-24H,5-9,12-14H2,(H,34,37)(H,32,33,35). The van der Waals surface area contributed by atoms with E-state index in [0.29, 0.717) is 61.1 Å². The highest BCUT2D eigenvalue weighted by atomic mass is 35.5. The molecule has 0 bridgehead atoms. The molecule has 2 N–H and O–H groups in total. The molecule has 0 aliphatic carbocycles. The maximum absolute atomic E-state index is 14.8. The van der Waals surface area contributed by atoms with Crippen LogP contribution in [0.4, 0.5) is 21.6 Å². The molecule has 0 spiro atoms. The van der Waals surface area contributed by atoms with Gasteiger partial charge in [-0.25, -0.2) is 14.4 Å². The van der Waals surface area contributed by atoms with Gasteiger partial charge in [-0.05, 0) is 18.2 Å². The van der Waals surface area contributed by atoms with E-state index in [4.69, 9.17) is 42.1 Å². The van der Waals surface area contributed by atoms with Gasteiger partial charge < -0.3 is 29.6 Å². The second kappa shape index (κ2) is 12.4. The monoisotopic (exact) mass is 603 g/mol. The molecule has 216 valence electrons. The van der Waals surface area contributed by atoms with Crippen molar-refractivity contribution < 1.29 is 28.1 Å². The maximum atomic E-state index is 14.8. The molecule has 2 aromatic carbocycles. The van der Waals surface area contributed by atoms with Crippen LogP contribution < -0.4 is 15.4 Å². The average Bonchev–Trinajstić information content (AvgIpc) is 3.63. The SMILES string of the molecule is O=C(C=CCN1CC2OCCOC2C1)Nc1cc2c(Nc3ccc(Cl)c(Cl)c3F)ncnc2cc1OC1CCOC1. The van der Waals surface area contributed by atoms with E-state index in [0.717, 1.165) is 19.5 Å². The molecule has 3 atom stereocenters. The Balaban J connectivity index is 1.23. The lowest BCUT2D eigenvalue weighted by molar-refractivity contribution is -0.116. The molecular formula is C28H28Cl2FN5O5. The fourth-order valence-electron chi connectivity index (χ4n) is 5.08. The fourth-order valence-corrected chi connectivity index (χ4v) is 5.39. The minimum Gasteiger partial charge on any atom is -0.486 e. The molecule has 3 unspecified atom stereocenters. The number of anilines is 3. The van der Waals surface area contributed by atoms with Crippen LogP contribution in [0.3, 0.4) is 0 Å². The number of halogens is 3. The first-order chi connectivity index (χ1) is 19.9. The molecule has 1 aromatic heterocycles. The lowest BCUT2D eigenvalue weighted by atomic mass is 10.1. The van der Waals surface area contributed by atoms with Crippen LogP contribution in [-0.4, -0.2) is 85.1 Å². The predicted octanol–water partition coefficient (Wildman–Crippen LogP) is 4.58. The highest BCUT2D eigenvalue weighted by Crippen LogP contribution is 2.36. The van der Waals surface area contributed by atoms with Gasteiger partial charge in [-0.2, -0.15) is 0 Å². The number of likely N-dealkylation sites (tertiary alicyclic amines) is 1. The van der Waals surface area contributed by atoms with E-state index in [9.17, 15) is 9.18 Å². The van der Waals surface area contributed by atoms with E-state index in [1.807, 2.05) is 6.08 Å². The summed E-state index contributed by atoms with van der Waals surface area (Å²) in [6.45, 7) is 4.38. The van der Waals surface area contributed by atoms with Gasteiger partial charge in [-0.15, -0.1) is 0 Å². The molecule has 10 nitrogen and oxygen atoms in total. The van der Waals surface area contributed by atoms with Crippen LogP contribution in [0, 0.1) is 5.82 Å². The van der Waals surface area contributed by atoms with E-state index < -0.39 is 5.82 Å². The number of nitrogens with one attached hydrogen (secondary N) is 2. The number of amides is 1. The Kier molecular flexibility index (Phi) is 8.52. The Bertz CT molecular complexity index is 1460. The van der Waals surface area contributed by atoms with E-state index >= 15 is 0 Å². The van der Waals surface area contributed by atoms with Gasteiger partial charge in [-0.3, -0.25) is 9.69 Å². The number of hydrogen-bond acceptors (Lipinski definition) is 9. The summed E-state index contributed by atoms with van der Waals surface area (Å²) >= 11 is 11.9. The number of carbonyl (C=O) groups is 1. The van der Waals surface area contributed by atoms with Gasteiger partial charge in [0.15, 0.2) is 5.82 Å². The molecule has 41 heavy (non-hydrogen) atoms. The van der Waals surface area contributed by atoms with Crippen molar-refractivity contribution in [1.82, 2.24) is 14.9 Å². The topological polar surface area (TPSA) is 107 Å².